The first-order valence-electron chi connectivity index (χ1n) is 6.40. The first kappa shape index (κ1) is 12.0. The Balaban J connectivity index is 2.13. The van der Waals surface area contributed by atoms with E-state index in [1.54, 1.807) is 6.92 Å². The van der Waals surface area contributed by atoms with E-state index < -0.39 is 0 Å². The third-order valence-electron chi connectivity index (χ3n) is 3.56. The second-order valence-electron chi connectivity index (χ2n) is 5.11. The van der Waals surface area contributed by atoms with E-state index in [1.807, 2.05) is 6.07 Å². The SMILES string of the molecule is Cc1cc2c(cc1F)nc(CCCl)n2CC1CC1. The minimum absolute atomic E-state index is 0.184. The number of aromatic nitrogens is 2. The highest BCUT2D eigenvalue weighted by Gasteiger charge is 2.24. The van der Waals surface area contributed by atoms with E-state index in [1.165, 1.54) is 18.9 Å². The van der Waals surface area contributed by atoms with Crippen molar-refractivity contribution in [2.45, 2.75) is 32.7 Å². The minimum Gasteiger partial charge on any atom is -0.328 e. The van der Waals surface area contributed by atoms with E-state index in [9.17, 15) is 4.39 Å². The zero-order chi connectivity index (χ0) is 12.7. The second kappa shape index (κ2) is 4.54. The molecule has 4 heteroatoms. The van der Waals surface area contributed by atoms with Gasteiger partial charge in [0, 0.05) is 24.9 Å². The number of alkyl halides is 1. The van der Waals surface area contributed by atoms with Crippen LogP contribution < -0.4 is 0 Å². The highest BCUT2D eigenvalue weighted by Crippen LogP contribution is 2.33. The number of hydrogen-bond acceptors (Lipinski definition) is 1. The summed E-state index contributed by atoms with van der Waals surface area (Å²) in [5.41, 5.74) is 2.47. The molecule has 2 nitrogen and oxygen atoms in total. The van der Waals surface area contributed by atoms with Gasteiger partial charge in [-0.05, 0) is 37.3 Å². The van der Waals surface area contributed by atoms with E-state index in [4.69, 9.17) is 11.6 Å². The molecular formula is C14H16ClFN2. The summed E-state index contributed by atoms with van der Waals surface area (Å²) in [6.07, 6.45) is 3.32. The van der Waals surface area contributed by atoms with Crippen LogP contribution in [0.5, 0.6) is 0 Å². The van der Waals surface area contributed by atoms with Gasteiger partial charge in [-0.15, -0.1) is 11.6 Å². The Kier molecular flexibility index (Phi) is 3.02. The van der Waals surface area contributed by atoms with E-state index in [0.717, 1.165) is 35.7 Å². The summed E-state index contributed by atoms with van der Waals surface area (Å²) < 4.78 is 15.8. The number of fused-ring (bicyclic) bond motifs is 1. The summed E-state index contributed by atoms with van der Waals surface area (Å²) in [5, 5.41) is 0. The fourth-order valence-electron chi connectivity index (χ4n) is 2.34. The summed E-state index contributed by atoms with van der Waals surface area (Å²) >= 11 is 5.82. The Hall–Kier alpha value is -1.09. The lowest BCUT2D eigenvalue weighted by atomic mass is 10.2. The van der Waals surface area contributed by atoms with Crippen molar-refractivity contribution in [3.63, 3.8) is 0 Å². The maximum atomic E-state index is 13.6. The summed E-state index contributed by atoms with van der Waals surface area (Å²) in [7, 11) is 0. The summed E-state index contributed by atoms with van der Waals surface area (Å²) in [5.74, 6) is 2.12. The molecule has 2 aromatic rings. The molecule has 0 bridgehead atoms. The van der Waals surface area contributed by atoms with Crippen LogP contribution in [0.4, 0.5) is 4.39 Å². The van der Waals surface area contributed by atoms with Crippen molar-refractivity contribution >= 4 is 22.6 Å². The first-order valence-corrected chi connectivity index (χ1v) is 6.93. The van der Waals surface area contributed by atoms with Crippen LogP contribution in [0.2, 0.25) is 0 Å². The van der Waals surface area contributed by atoms with Crippen molar-refractivity contribution in [2.75, 3.05) is 5.88 Å². The molecule has 3 rings (SSSR count). The van der Waals surface area contributed by atoms with Crippen LogP contribution in [0.3, 0.4) is 0 Å². The van der Waals surface area contributed by atoms with Crippen molar-refractivity contribution in [3.05, 3.63) is 29.3 Å². The van der Waals surface area contributed by atoms with Crippen molar-refractivity contribution in [3.8, 4) is 0 Å². The predicted molar refractivity (Wildman–Crippen MR) is 71.6 cm³/mol. The van der Waals surface area contributed by atoms with Crippen molar-refractivity contribution in [1.29, 1.82) is 0 Å². The number of halogens is 2. The molecule has 0 amide bonds. The van der Waals surface area contributed by atoms with Gasteiger partial charge in [0.15, 0.2) is 0 Å². The standard InChI is InChI=1S/C14H16ClFN2/c1-9-6-13-12(7-11(9)16)17-14(4-5-15)18(13)8-10-2-3-10/h6-7,10H,2-5,8H2,1H3. The van der Waals surface area contributed by atoms with Crippen LogP contribution in [0.15, 0.2) is 12.1 Å². The van der Waals surface area contributed by atoms with Crippen molar-refractivity contribution in [2.24, 2.45) is 5.92 Å². The molecule has 1 aliphatic carbocycles. The van der Waals surface area contributed by atoms with Gasteiger partial charge in [-0.25, -0.2) is 9.37 Å². The number of imidazole rings is 1. The average molecular weight is 267 g/mol. The van der Waals surface area contributed by atoms with Gasteiger partial charge in [0.2, 0.25) is 0 Å². The van der Waals surface area contributed by atoms with Crippen LogP contribution in [-0.2, 0) is 13.0 Å². The highest BCUT2D eigenvalue weighted by molar-refractivity contribution is 6.17. The monoisotopic (exact) mass is 266 g/mol. The maximum absolute atomic E-state index is 13.6. The molecule has 1 aromatic heterocycles. The van der Waals surface area contributed by atoms with E-state index in [0.29, 0.717) is 11.4 Å². The van der Waals surface area contributed by atoms with Crippen LogP contribution in [-0.4, -0.2) is 15.4 Å². The van der Waals surface area contributed by atoms with Crippen LogP contribution >= 0.6 is 11.6 Å². The Morgan fingerprint density at radius 1 is 1.44 bits per heavy atom. The molecule has 0 radical (unpaired) electrons. The molecule has 0 N–H and O–H groups in total. The molecule has 1 aromatic carbocycles. The van der Waals surface area contributed by atoms with Gasteiger partial charge in [0.1, 0.15) is 11.6 Å². The third kappa shape index (κ3) is 2.12. The van der Waals surface area contributed by atoms with E-state index in [2.05, 4.69) is 9.55 Å². The van der Waals surface area contributed by atoms with Gasteiger partial charge in [-0.1, -0.05) is 0 Å². The number of nitrogens with zero attached hydrogens (tertiary/aromatic N) is 2. The normalized spacial score (nSPS) is 15.5. The Morgan fingerprint density at radius 3 is 2.89 bits per heavy atom. The minimum atomic E-state index is -0.184. The molecule has 18 heavy (non-hydrogen) atoms. The molecule has 0 saturated heterocycles. The fourth-order valence-corrected chi connectivity index (χ4v) is 2.51. The summed E-state index contributed by atoms with van der Waals surface area (Å²) in [6.45, 7) is 2.79. The Morgan fingerprint density at radius 2 is 2.22 bits per heavy atom. The molecule has 1 aliphatic rings. The number of aryl methyl sites for hydroxylation is 2. The number of benzene rings is 1. The molecule has 96 valence electrons. The van der Waals surface area contributed by atoms with Crippen LogP contribution in [0.1, 0.15) is 24.2 Å². The summed E-state index contributed by atoms with van der Waals surface area (Å²) in [4.78, 5) is 4.52. The molecule has 1 fully saturated rings. The molecule has 1 heterocycles. The average Bonchev–Trinajstić information content (AvgIpc) is 3.09. The van der Waals surface area contributed by atoms with E-state index >= 15 is 0 Å². The largest absolute Gasteiger partial charge is 0.328 e. The second-order valence-corrected chi connectivity index (χ2v) is 5.49. The molecule has 0 spiro atoms. The van der Waals surface area contributed by atoms with Gasteiger partial charge in [-0.2, -0.15) is 0 Å². The van der Waals surface area contributed by atoms with Gasteiger partial charge >= 0.3 is 0 Å². The lowest BCUT2D eigenvalue weighted by molar-refractivity contribution is 0.612. The van der Waals surface area contributed by atoms with E-state index in [-0.39, 0.29) is 5.82 Å². The predicted octanol–water partition coefficient (Wildman–Crippen LogP) is 3.68. The van der Waals surface area contributed by atoms with Crippen molar-refractivity contribution in [1.82, 2.24) is 9.55 Å². The number of rotatable bonds is 4. The molecule has 0 atom stereocenters. The highest BCUT2D eigenvalue weighted by atomic mass is 35.5. The third-order valence-corrected chi connectivity index (χ3v) is 3.75. The number of hydrogen-bond donors (Lipinski definition) is 0. The zero-order valence-electron chi connectivity index (χ0n) is 10.4. The topological polar surface area (TPSA) is 17.8 Å². The van der Waals surface area contributed by atoms with Crippen LogP contribution in [0.25, 0.3) is 11.0 Å². The molecular weight excluding hydrogens is 251 g/mol. The smallest absolute Gasteiger partial charge is 0.128 e. The van der Waals surface area contributed by atoms with Gasteiger partial charge in [0.25, 0.3) is 0 Å². The van der Waals surface area contributed by atoms with Crippen LogP contribution in [0, 0.1) is 18.7 Å². The quantitative estimate of drug-likeness (QED) is 0.772. The zero-order valence-corrected chi connectivity index (χ0v) is 11.2. The lowest BCUT2D eigenvalue weighted by Crippen LogP contribution is -2.06. The lowest BCUT2D eigenvalue weighted by Gasteiger charge is -2.07. The van der Waals surface area contributed by atoms with Gasteiger partial charge in [-0.3, -0.25) is 0 Å². The van der Waals surface area contributed by atoms with Gasteiger partial charge < -0.3 is 4.57 Å². The molecule has 1 saturated carbocycles. The van der Waals surface area contributed by atoms with Crippen molar-refractivity contribution < 1.29 is 4.39 Å². The Labute approximate surface area is 111 Å². The fraction of sp³-hybridized carbons (Fsp3) is 0.500. The first-order chi connectivity index (χ1) is 8.69. The van der Waals surface area contributed by atoms with Gasteiger partial charge in [0.05, 0.1) is 11.0 Å². The maximum Gasteiger partial charge on any atom is 0.128 e. The molecule has 0 aliphatic heterocycles. The summed E-state index contributed by atoms with van der Waals surface area (Å²) in [6, 6.07) is 3.43. The molecule has 0 unspecified atom stereocenters. The Bertz CT molecular complexity index is 587.